The van der Waals surface area contributed by atoms with Gasteiger partial charge in [0, 0.05) is 11.0 Å². The van der Waals surface area contributed by atoms with Crippen LogP contribution in [0.3, 0.4) is 0 Å². The summed E-state index contributed by atoms with van der Waals surface area (Å²) in [5.74, 6) is 5.87. The largest absolute Gasteiger partial charge is 0.179 e. The van der Waals surface area contributed by atoms with Crippen molar-refractivity contribution < 1.29 is 0 Å². The van der Waals surface area contributed by atoms with Gasteiger partial charge in [0.05, 0.1) is 0 Å². The molecule has 0 heterocycles. The summed E-state index contributed by atoms with van der Waals surface area (Å²) in [6, 6.07) is 0. The van der Waals surface area contributed by atoms with Crippen molar-refractivity contribution in [2.75, 3.05) is 28.8 Å². The smallest absolute Gasteiger partial charge is 0.0143 e. The van der Waals surface area contributed by atoms with Crippen LogP contribution in [0, 0.1) is 0 Å². The highest BCUT2D eigenvalue weighted by molar-refractivity contribution is 8.01. The zero-order valence-electron chi connectivity index (χ0n) is 8.95. The highest BCUT2D eigenvalue weighted by Gasteiger charge is 2.04. The van der Waals surface area contributed by atoms with E-state index in [-0.39, 0.29) is 0 Å². The van der Waals surface area contributed by atoms with Crippen LogP contribution < -0.4 is 0 Å². The molecule has 0 aromatic heterocycles. The molecule has 0 bridgehead atoms. The van der Waals surface area contributed by atoms with E-state index in [1.807, 2.05) is 11.8 Å². The van der Waals surface area contributed by atoms with E-state index in [1.54, 1.807) is 0 Å². The minimum atomic E-state index is 0.765. The SMILES string of the molecule is CCSC(CS)CCSCCCCS. The van der Waals surface area contributed by atoms with E-state index >= 15 is 0 Å². The molecule has 0 saturated carbocycles. The van der Waals surface area contributed by atoms with E-state index in [0.717, 1.165) is 16.8 Å². The first-order valence-electron chi connectivity index (χ1n) is 5.26. The van der Waals surface area contributed by atoms with Gasteiger partial charge in [0.15, 0.2) is 0 Å². The number of thiol groups is 2. The third kappa shape index (κ3) is 9.94. The average molecular weight is 271 g/mol. The molecule has 0 aliphatic carbocycles. The summed E-state index contributed by atoms with van der Waals surface area (Å²) in [6.45, 7) is 2.22. The summed E-state index contributed by atoms with van der Waals surface area (Å²) in [4.78, 5) is 0. The predicted octanol–water partition coefficient (Wildman–Crippen LogP) is 3.87. The van der Waals surface area contributed by atoms with Gasteiger partial charge in [-0.15, -0.1) is 0 Å². The highest BCUT2D eigenvalue weighted by atomic mass is 32.2. The van der Waals surface area contributed by atoms with Gasteiger partial charge in [0.1, 0.15) is 0 Å². The highest BCUT2D eigenvalue weighted by Crippen LogP contribution is 2.18. The Kier molecular flexibility index (Phi) is 13.7. The second-order valence-electron chi connectivity index (χ2n) is 3.09. The maximum atomic E-state index is 4.37. The molecule has 14 heavy (non-hydrogen) atoms. The molecule has 0 aliphatic rings. The van der Waals surface area contributed by atoms with Crippen molar-refractivity contribution in [1.29, 1.82) is 0 Å². The molecule has 0 radical (unpaired) electrons. The molecule has 0 aromatic carbocycles. The molecular weight excluding hydrogens is 248 g/mol. The van der Waals surface area contributed by atoms with Crippen molar-refractivity contribution >= 4 is 48.8 Å². The third-order valence-electron chi connectivity index (χ3n) is 1.89. The average Bonchev–Trinajstić information content (AvgIpc) is 2.21. The van der Waals surface area contributed by atoms with Crippen LogP contribution in [0.25, 0.3) is 0 Å². The Balaban J connectivity index is 3.15. The molecule has 0 saturated heterocycles. The van der Waals surface area contributed by atoms with Crippen LogP contribution in [0.5, 0.6) is 0 Å². The first-order valence-corrected chi connectivity index (χ1v) is 8.73. The van der Waals surface area contributed by atoms with Crippen molar-refractivity contribution in [3.63, 3.8) is 0 Å². The van der Waals surface area contributed by atoms with Crippen molar-refractivity contribution in [3.8, 4) is 0 Å². The quantitative estimate of drug-likeness (QED) is 0.457. The second kappa shape index (κ2) is 12.5. The molecule has 1 atom stereocenters. The number of rotatable bonds is 10. The fourth-order valence-electron chi connectivity index (χ4n) is 1.10. The molecule has 0 aliphatic heterocycles. The lowest BCUT2D eigenvalue weighted by atomic mass is 10.4. The van der Waals surface area contributed by atoms with E-state index < -0.39 is 0 Å². The van der Waals surface area contributed by atoms with Crippen molar-refractivity contribution in [1.82, 2.24) is 0 Å². The molecule has 0 nitrogen and oxygen atoms in total. The van der Waals surface area contributed by atoms with E-state index in [1.165, 1.54) is 36.5 Å². The molecule has 4 heteroatoms. The predicted molar refractivity (Wildman–Crippen MR) is 80.8 cm³/mol. The second-order valence-corrected chi connectivity index (χ2v) is 6.71. The Morgan fingerprint density at radius 2 is 1.93 bits per heavy atom. The minimum Gasteiger partial charge on any atom is -0.179 e. The van der Waals surface area contributed by atoms with Gasteiger partial charge in [0.2, 0.25) is 0 Å². The van der Waals surface area contributed by atoms with Crippen molar-refractivity contribution in [2.45, 2.75) is 31.4 Å². The Morgan fingerprint density at radius 3 is 2.50 bits per heavy atom. The third-order valence-corrected chi connectivity index (χ3v) is 5.20. The minimum absolute atomic E-state index is 0.765. The maximum Gasteiger partial charge on any atom is 0.0143 e. The van der Waals surface area contributed by atoms with Crippen LogP contribution in [0.2, 0.25) is 0 Å². The summed E-state index contributed by atoms with van der Waals surface area (Å²) in [6.07, 6.45) is 3.89. The maximum absolute atomic E-state index is 4.37. The molecule has 86 valence electrons. The number of unbranched alkanes of at least 4 members (excludes halogenated alkanes) is 1. The number of thioether (sulfide) groups is 2. The molecule has 0 aromatic rings. The normalized spacial score (nSPS) is 13.1. The van der Waals surface area contributed by atoms with Crippen LogP contribution in [-0.4, -0.2) is 34.0 Å². The van der Waals surface area contributed by atoms with Crippen LogP contribution >= 0.6 is 48.8 Å². The van der Waals surface area contributed by atoms with Gasteiger partial charge in [-0.05, 0) is 42.3 Å². The number of hydrogen-bond acceptors (Lipinski definition) is 4. The Hall–Kier alpha value is 1.40. The molecule has 0 amide bonds. The van der Waals surface area contributed by atoms with Gasteiger partial charge >= 0.3 is 0 Å². The lowest BCUT2D eigenvalue weighted by Crippen LogP contribution is -2.06. The fraction of sp³-hybridized carbons (Fsp3) is 1.00. The zero-order chi connectivity index (χ0) is 10.6. The van der Waals surface area contributed by atoms with Crippen LogP contribution in [0.15, 0.2) is 0 Å². The fourth-order valence-corrected chi connectivity index (χ4v) is 3.89. The summed E-state index contributed by atoms with van der Waals surface area (Å²) in [7, 11) is 0. The lowest BCUT2D eigenvalue weighted by molar-refractivity contribution is 0.899. The zero-order valence-corrected chi connectivity index (χ0v) is 12.4. The van der Waals surface area contributed by atoms with Gasteiger partial charge < -0.3 is 0 Å². The molecule has 0 fully saturated rings. The molecule has 0 N–H and O–H groups in total. The topological polar surface area (TPSA) is 0 Å². The van der Waals surface area contributed by atoms with Crippen LogP contribution in [0.1, 0.15) is 26.2 Å². The number of hydrogen-bond donors (Lipinski definition) is 2. The van der Waals surface area contributed by atoms with Crippen LogP contribution in [0.4, 0.5) is 0 Å². The Labute approximate surface area is 109 Å². The van der Waals surface area contributed by atoms with Gasteiger partial charge in [-0.25, -0.2) is 0 Å². The van der Waals surface area contributed by atoms with Crippen molar-refractivity contribution in [3.05, 3.63) is 0 Å². The standard InChI is InChI=1S/C10H22S4/c1-2-14-10(9-12)5-8-13-7-4-3-6-11/h10-12H,2-9H2,1H3. The van der Waals surface area contributed by atoms with E-state index in [9.17, 15) is 0 Å². The van der Waals surface area contributed by atoms with Gasteiger partial charge in [-0.2, -0.15) is 48.8 Å². The molecule has 0 spiro atoms. The monoisotopic (exact) mass is 270 g/mol. The van der Waals surface area contributed by atoms with E-state index in [2.05, 4.69) is 43.9 Å². The van der Waals surface area contributed by atoms with E-state index in [0.29, 0.717) is 0 Å². The lowest BCUT2D eigenvalue weighted by Gasteiger charge is -2.11. The first-order chi connectivity index (χ1) is 6.85. The molecular formula is C10H22S4. The Morgan fingerprint density at radius 1 is 1.14 bits per heavy atom. The molecule has 0 rings (SSSR count). The first kappa shape index (κ1) is 15.4. The summed E-state index contributed by atoms with van der Waals surface area (Å²) in [5, 5.41) is 0.765. The van der Waals surface area contributed by atoms with Crippen molar-refractivity contribution in [2.24, 2.45) is 0 Å². The van der Waals surface area contributed by atoms with Crippen LogP contribution in [-0.2, 0) is 0 Å². The van der Waals surface area contributed by atoms with E-state index in [4.69, 9.17) is 0 Å². The summed E-state index contributed by atoms with van der Waals surface area (Å²) in [5.41, 5.74) is 0. The van der Waals surface area contributed by atoms with Gasteiger partial charge in [-0.3, -0.25) is 0 Å². The summed E-state index contributed by atoms with van der Waals surface area (Å²) < 4.78 is 0. The van der Waals surface area contributed by atoms with Gasteiger partial charge in [0.25, 0.3) is 0 Å². The van der Waals surface area contributed by atoms with Gasteiger partial charge in [-0.1, -0.05) is 6.92 Å². The Bertz CT molecular complexity index is 108. The summed E-state index contributed by atoms with van der Waals surface area (Å²) >= 11 is 12.7. The molecule has 1 unspecified atom stereocenters.